The van der Waals surface area contributed by atoms with Crippen molar-refractivity contribution in [1.82, 2.24) is 0 Å². The molecule has 0 radical (unpaired) electrons. The third-order valence-corrected chi connectivity index (χ3v) is 21.7. The smallest absolute Gasteiger partial charge is 0.0683 e. The number of allylic oxidation sites excluding steroid dienone is 2. The number of rotatable bonds is 0. The minimum absolute atomic E-state index is 0.552. The van der Waals surface area contributed by atoms with Crippen molar-refractivity contribution in [2.45, 2.75) is 26.8 Å². The maximum atomic E-state index is 3.66. The fraction of sp³-hybridized carbons (Fsp3) is 0.750. The molecular weight excluding hydrogens is 895 g/mol. The van der Waals surface area contributed by atoms with Gasteiger partial charge in [-0.1, -0.05) is 173 Å². The highest BCUT2D eigenvalue weighted by molar-refractivity contribution is 9.35. The molecule has 0 aromatic carbocycles. The molecule has 18 heavy (non-hydrogen) atoms. The van der Waals surface area contributed by atoms with Crippen LogP contribution in [0.1, 0.15) is 13.8 Å². The number of alkyl halides is 8. The first-order valence-corrected chi connectivity index (χ1v) is 12.3. The quantitative estimate of drug-likeness (QED) is 0.213. The van der Waals surface area contributed by atoms with Crippen LogP contribution in [0, 0.1) is 0 Å². The maximum Gasteiger partial charge on any atom is 0.140 e. The Morgan fingerprint density at radius 3 is 0.889 bits per heavy atom. The number of hydrogen-bond acceptors (Lipinski definition) is 0. The van der Waals surface area contributed by atoms with Gasteiger partial charge in [-0.2, -0.15) is 0 Å². The van der Waals surface area contributed by atoms with Crippen LogP contribution in [0.25, 0.3) is 0 Å². The Balaban J connectivity index is 0.00000137. The van der Waals surface area contributed by atoms with Crippen LogP contribution in [0.2, 0.25) is 0 Å². The van der Waals surface area contributed by atoms with Gasteiger partial charge < -0.3 is 0 Å². The van der Waals surface area contributed by atoms with E-state index in [0.29, 0.717) is 0 Å². The molecule has 108 valence electrons. The van der Waals surface area contributed by atoms with Crippen molar-refractivity contribution in [3.63, 3.8) is 0 Å². The molecule has 0 fully saturated rings. The van der Waals surface area contributed by atoms with Crippen molar-refractivity contribution >= 4 is 159 Å². The summed E-state index contributed by atoms with van der Waals surface area (Å²) in [5.74, 6) is 0. The molecule has 1 rings (SSSR count). The lowest BCUT2D eigenvalue weighted by Gasteiger charge is -2.53. The van der Waals surface area contributed by atoms with E-state index in [9.17, 15) is 0 Å². The molecule has 0 N–H and O–H groups in total. The topological polar surface area (TPSA) is 0 Å². The second-order valence-corrected chi connectivity index (χ2v) is 18.3. The summed E-state index contributed by atoms with van der Waals surface area (Å²) < 4.78 is -0.464. The lowest BCUT2D eigenvalue weighted by molar-refractivity contribution is 0.706. The molecule has 0 aromatic rings. The Kier molecular flexibility index (Phi) is 9.54. The Bertz CT molecular complexity index is 319. The van der Waals surface area contributed by atoms with E-state index >= 15 is 0 Å². The molecule has 0 bridgehead atoms. The first kappa shape index (κ1) is 22.5. The summed E-state index contributed by atoms with van der Waals surface area (Å²) in [4.78, 5) is 0. The van der Waals surface area contributed by atoms with Crippen LogP contribution in [0.5, 0.6) is 0 Å². The van der Waals surface area contributed by atoms with Gasteiger partial charge in [0.15, 0.2) is 0 Å². The second-order valence-electron chi connectivity index (χ2n) is 2.93. The Labute approximate surface area is 191 Å². The zero-order valence-electron chi connectivity index (χ0n) is 8.78. The van der Waals surface area contributed by atoms with Gasteiger partial charge in [0.1, 0.15) is 12.9 Å². The molecule has 10 heteroatoms. The van der Waals surface area contributed by atoms with Crippen molar-refractivity contribution < 1.29 is 0 Å². The molecule has 0 saturated heterocycles. The van der Waals surface area contributed by atoms with Gasteiger partial charge in [0.25, 0.3) is 0 Å². The highest BCUT2D eigenvalue weighted by Gasteiger charge is 2.70. The van der Waals surface area contributed by atoms with E-state index in [1.165, 1.54) is 0 Å². The zero-order valence-corrected chi connectivity index (χ0v) is 24.6. The molecule has 0 heterocycles. The number of hydrogen-bond donors (Lipinski definition) is 0. The van der Waals surface area contributed by atoms with Gasteiger partial charge in [0.05, 0.1) is 0 Å². The molecule has 1 aliphatic rings. The second kappa shape index (κ2) is 7.62. The van der Waals surface area contributed by atoms with Crippen LogP contribution in [-0.2, 0) is 0 Å². The van der Waals surface area contributed by atoms with Crippen molar-refractivity contribution in [3.05, 3.63) is 8.96 Å². The SMILES string of the molecule is BrC1=C(Br)C(Br)(Br)C(Br)(Br)C(Br)(Br)C1(Br)Br.CC. The molecule has 1 aliphatic carbocycles. The van der Waals surface area contributed by atoms with E-state index in [1.807, 2.05) is 13.8 Å². The average molecular weight is 901 g/mol. The molecule has 0 spiro atoms. The van der Waals surface area contributed by atoms with E-state index in [-0.39, 0.29) is 0 Å². The molecule has 0 saturated carbocycles. The van der Waals surface area contributed by atoms with Gasteiger partial charge in [-0.05, 0) is 0 Å². The first-order valence-electron chi connectivity index (χ1n) is 4.39. The van der Waals surface area contributed by atoms with Crippen LogP contribution in [0.15, 0.2) is 8.96 Å². The Morgan fingerprint density at radius 2 is 0.722 bits per heavy atom. The van der Waals surface area contributed by atoms with Gasteiger partial charge in [-0.25, -0.2) is 0 Å². The molecule has 0 aliphatic heterocycles. The first-order chi connectivity index (χ1) is 7.82. The Morgan fingerprint density at radius 1 is 0.556 bits per heavy atom. The molecule has 0 aromatic heterocycles. The predicted octanol–water partition coefficient (Wildman–Crippen LogP) is 8.97. The molecule has 0 unspecified atom stereocenters. The van der Waals surface area contributed by atoms with E-state index in [0.717, 1.165) is 8.96 Å². The van der Waals surface area contributed by atoms with Gasteiger partial charge in [-0.3, -0.25) is 0 Å². The summed E-state index contributed by atoms with van der Waals surface area (Å²) >= 11 is 36.3. The van der Waals surface area contributed by atoms with Gasteiger partial charge >= 0.3 is 0 Å². The summed E-state index contributed by atoms with van der Waals surface area (Å²) in [6.45, 7) is 4.00. The largest absolute Gasteiger partial charge is 0.140 e. The van der Waals surface area contributed by atoms with Crippen LogP contribution in [0.3, 0.4) is 0 Å². The van der Waals surface area contributed by atoms with Crippen molar-refractivity contribution in [2.75, 3.05) is 0 Å². The zero-order chi connectivity index (χ0) is 15.2. The van der Waals surface area contributed by atoms with Gasteiger partial charge in [0, 0.05) is 8.96 Å². The lowest BCUT2D eigenvalue weighted by Crippen LogP contribution is -2.59. The molecule has 0 nitrogen and oxygen atoms in total. The number of halogens is 10. The van der Waals surface area contributed by atoms with Crippen LogP contribution in [-0.4, -0.2) is 12.9 Å². The fourth-order valence-corrected chi connectivity index (χ4v) is 10.4. The standard InChI is InChI=1S/C6Br10.C2H6/c7-1-2(8)4(11,12)6(15,16)5(13,14)3(1,9)10;1-2/h;1-2H3. The van der Waals surface area contributed by atoms with Crippen LogP contribution < -0.4 is 0 Å². The third kappa shape index (κ3) is 3.47. The van der Waals surface area contributed by atoms with Gasteiger partial charge in [0.2, 0.25) is 0 Å². The summed E-state index contributed by atoms with van der Waals surface area (Å²) in [5.41, 5.74) is 0. The summed E-state index contributed by atoms with van der Waals surface area (Å²) in [6, 6.07) is 0. The van der Waals surface area contributed by atoms with E-state index in [1.54, 1.807) is 0 Å². The summed E-state index contributed by atoms with van der Waals surface area (Å²) in [7, 11) is 0. The minimum Gasteiger partial charge on any atom is -0.0683 e. The average Bonchev–Trinajstić information content (AvgIpc) is 2.27. The fourth-order valence-electron chi connectivity index (χ4n) is 0.946. The van der Waals surface area contributed by atoms with Crippen molar-refractivity contribution in [2.24, 2.45) is 0 Å². The van der Waals surface area contributed by atoms with Crippen LogP contribution >= 0.6 is 159 Å². The van der Waals surface area contributed by atoms with Crippen LogP contribution in [0.4, 0.5) is 0 Å². The van der Waals surface area contributed by atoms with Gasteiger partial charge in [-0.15, -0.1) is 0 Å². The highest BCUT2D eigenvalue weighted by atomic mass is 79.9. The molecule has 0 amide bonds. The maximum absolute atomic E-state index is 3.66. The highest BCUT2D eigenvalue weighted by Crippen LogP contribution is 2.75. The van der Waals surface area contributed by atoms with E-state index in [4.69, 9.17) is 0 Å². The van der Waals surface area contributed by atoms with E-state index < -0.39 is 12.9 Å². The third-order valence-electron chi connectivity index (χ3n) is 1.93. The monoisotopic (exact) mass is 891 g/mol. The molecule has 0 atom stereocenters. The normalized spacial score (nSPS) is 27.3. The minimum atomic E-state index is -0.580. The summed E-state index contributed by atoms with van der Waals surface area (Å²) in [6.07, 6.45) is 0. The lowest BCUT2D eigenvalue weighted by atomic mass is 10.1. The summed E-state index contributed by atoms with van der Waals surface area (Å²) in [5, 5.41) is 0. The van der Waals surface area contributed by atoms with E-state index in [2.05, 4.69) is 159 Å². The Hall–Kier alpha value is 4.54. The van der Waals surface area contributed by atoms with Crippen molar-refractivity contribution in [1.29, 1.82) is 0 Å². The predicted molar refractivity (Wildman–Crippen MR) is 119 cm³/mol. The molecular formula is C8H6Br10. The van der Waals surface area contributed by atoms with Crippen molar-refractivity contribution in [3.8, 4) is 0 Å².